The summed E-state index contributed by atoms with van der Waals surface area (Å²) in [6.07, 6.45) is 7.35. The van der Waals surface area contributed by atoms with Crippen LogP contribution in [0.15, 0.2) is 0 Å². The van der Waals surface area contributed by atoms with E-state index in [4.69, 9.17) is 0 Å². The number of amides is 1. The van der Waals surface area contributed by atoms with Gasteiger partial charge in [-0.05, 0) is 26.7 Å². The summed E-state index contributed by atoms with van der Waals surface area (Å²) in [5, 5.41) is 3.44. The van der Waals surface area contributed by atoms with E-state index in [-0.39, 0.29) is 12.4 Å². The molecule has 2 fully saturated rings. The van der Waals surface area contributed by atoms with Crippen LogP contribution in [0.2, 0.25) is 0 Å². The number of carbonyl (C=O) groups excluding carboxylic acids is 1. The van der Waals surface area contributed by atoms with Gasteiger partial charge in [0, 0.05) is 31.1 Å². The molecule has 18 heavy (non-hydrogen) atoms. The molecule has 4 heteroatoms. The Hall–Kier alpha value is -0.280. The first-order valence-corrected chi connectivity index (χ1v) is 7.22. The maximum Gasteiger partial charge on any atom is 0.226 e. The third kappa shape index (κ3) is 3.86. The predicted molar refractivity (Wildman–Crippen MR) is 77.1 cm³/mol. The Labute approximate surface area is 117 Å². The number of rotatable bonds is 1. The van der Waals surface area contributed by atoms with Gasteiger partial charge in [-0.1, -0.05) is 25.7 Å². The van der Waals surface area contributed by atoms with E-state index in [1.165, 1.54) is 25.7 Å². The van der Waals surface area contributed by atoms with E-state index in [1.54, 1.807) is 0 Å². The van der Waals surface area contributed by atoms with Gasteiger partial charge in [-0.3, -0.25) is 4.79 Å². The second kappa shape index (κ2) is 7.34. The van der Waals surface area contributed by atoms with Crippen LogP contribution in [-0.2, 0) is 4.79 Å². The van der Waals surface area contributed by atoms with Crippen molar-refractivity contribution in [3.63, 3.8) is 0 Å². The van der Waals surface area contributed by atoms with Gasteiger partial charge in [0.2, 0.25) is 5.91 Å². The standard InChI is InChI=1S/C14H26N2O.ClH/c1-11-10-16(12(2)9-15-11)14(17)13-7-5-3-4-6-8-13;/h11-13,15H,3-10H2,1-2H3;1H. The van der Waals surface area contributed by atoms with Gasteiger partial charge in [-0.25, -0.2) is 0 Å². The van der Waals surface area contributed by atoms with Crippen LogP contribution in [0.3, 0.4) is 0 Å². The van der Waals surface area contributed by atoms with Crippen LogP contribution in [0.25, 0.3) is 0 Å². The maximum atomic E-state index is 12.6. The van der Waals surface area contributed by atoms with Gasteiger partial charge >= 0.3 is 0 Å². The quantitative estimate of drug-likeness (QED) is 0.746. The fraction of sp³-hybridized carbons (Fsp3) is 0.929. The third-order valence-corrected chi connectivity index (χ3v) is 4.25. The van der Waals surface area contributed by atoms with Crippen molar-refractivity contribution in [3.8, 4) is 0 Å². The van der Waals surface area contributed by atoms with Crippen LogP contribution >= 0.6 is 12.4 Å². The van der Waals surface area contributed by atoms with Crippen molar-refractivity contribution < 1.29 is 4.79 Å². The summed E-state index contributed by atoms with van der Waals surface area (Å²) in [5.41, 5.74) is 0. The fourth-order valence-electron chi connectivity index (χ4n) is 3.09. The number of piperazine rings is 1. The molecule has 0 spiro atoms. The summed E-state index contributed by atoms with van der Waals surface area (Å²) in [6, 6.07) is 0.808. The second-order valence-electron chi connectivity index (χ2n) is 5.84. The zero-order valence-corrected chi connectivity index (χ0v) is 12.5. The molecular formula is C14H27ClN2O. The summed E-state index contributed by atoms with van der Waals surface area (Å²) >= 11 is 0. The van der Waals surface area contributed by atoms with Gasteiger partial charge in [-0.15, -0.1) is 12.4 Å². The lowest BCUT2D eigenvalue weighted by Crippen LogP contribution is -2.57. The maximum absolute atomic E-state index is 12.6. The fourth-order valence-corrected chi connectivity index (χ4v) is 3.09. The second-order valence-corrected chi connectivity index (χ2v) is 5.84. The van der Waals surface area contributed by atoms with E-state index in [9.17, 15) is 4.79 Å². The van der Waals surface area contributed by atoms with Gasteiger partial charge in [0.05, 0.1) is 0 Å². The number of halogens is 1. The summed E-state index contributed by atoms with van der Waals surface area (Å²) in [5.74, 6) is 0.734. The molecule has 1 N–H and O–H groups in total. The van der Waals surface area contributed by atoms with Gasteiger partial charge < -0.3 is 10.2 Å². The zero-order chi connectivity index (χ0) is 12.3. The molecule has 1 saturated carbocycles. The molecule has 106 valence electrons. The lowest BCUT2D eigenvalue weighted by molar-refractivity contribution is -0.139. The molecule has 2 unspecified atom stereocenters. The highest BCUT2D eigenvalue weighted by Gasteiger charge is 2.31. The van der Waals surface area contributed by atoms with E-state index in [2.05, 4.69) is 24.1 Å². The van der Waals surface area contributed by atoms with E-state index in [1.807, 2.05) is 0 Å². The van der Waals surface area contributed by atoms with Crippen LogP contribution in [-0.4, -0.2) is 36.0 Å². The van der Waals surface area contributed by atoms with Crippen LogP contribution in [0.4, 0.5) is 0 Å². The first-order valence-electron chi connectivity index (χ1n) is 7.22. The molecule has 2 rings (SSSR count). The number of hydrogen-bond donors (Lipinski definition) is 1. The van der Waals surface area contributed by atoms with Crippen LogP contribution in [0, 0.1) is 5.92 Å². The normalized spacial score (nSPS) is 30.4. The van der Waals surface area contributed by atoms with Crippen LogP contribution < -0.4 is 5.32 Å². The largest absolute Gasteiger partial charge is 0.337 e. The summed E-state index contributed by atoms with van der Waals surface area (Å²) in [7, 11) is 0. The van der Waals surface area contributed by atoms with Gasteiger partial charge in [-0.2, -0.15) is 0 Å². The van der Waals surface area contributed by atoms with Gasteiger partial charge in [0.1, 0.15) is 0 Å². The molecule has 2 aliphatic rings. The van der Waals surface area contributed by atoms with Crippen molar-refractivity contribution >= 4 is 18.3 Å². The van der Waals surface area contributed by atoms with Crippen molar-refractivity contribution in [1.82, 2.24) is 10.2 Å². The molecule has 1 amide bonds. The Kier molecular flexibility index (Phi) is 6.44. The lowest BCUT2D eigenvalue weighted by Gasteiger charge is -2.39. The Balaban J connectivity index is 0.00000162. The van der Waals surface area contributed by atoms with Crippen molar-refractivity contribution in [3.05, 3.63) is 0 Å². The highest BCUT2D eigenvalue weighted by atomic mass is 35.5. The predicted octanol–water partition coefficient (Wildman–Crippen LogP) is 2.59. The summed E-state index contributed by atoms with van der Waals surface area (Å²) < 4.78 is 0. The van der Waals surface area contributed by atoms with Gasteiger partial charge in [0.15, 0.2) is 0 Å². The minimum atomic E-state index is 0. The van der Waals surface area contributed by atoms with Crippen LogP contribution in [0.5, 0.6) is 0 Å². The monoisotopic (exact) mass is 274 g/mol. The SMILES string of the molecule is CC1CN(C(=O)C2CCCCCC2)C(C)CN1.Cl. The molecule has 0 aromatic rings. The number of hydrogen-bond acceptors (Lipinski definition) is 2. The first-order chi connectivity index (χ1) is 8.18. The number of nitrogens with one attached hydrogen (secondary N) is 1. The van der Waals surface area contributed by atoms with Crippen molar-refractivity contribution in [1.29, 1.82) is 0 Å². The highest BCUT2D eigenvalue weighted by molar-refractivity contribution is 5.85. The molecule has 1 heterocycles. The first kappa shape index (κ1) is 15.8. The molecular weight excluding hydrogens is 248 g/mol. The molecule has 0 aromatic heterocycles. The van der Waals surface area contributed by atoms with E-state index >= 15 is 0 Å². The summed E-state index contributed by atoms with van der Waals surface area (Å²) in [4.78, 5) is 14.7. The zero-order valence-electron chi connectivity index (χ0n) is 11.7. The minimum absolute atomic E-state index is 0. The molecule has 1 aliphatic heterocycles. The van der Waals surface area contributed by atoms with E-state index < -0.39 is 0 Å². The topological polar surface area (TPSA) is 32.3 Å². The Bertz CT molecular complexity index is 265. The third-order valence-electron chi connectivity index (χ3n) is 4.25. The van der Waals surface area contributed by atoms with E-state index in [0.717, 1.165) is 25.9 Å². The van der Waals surface area contributed by atoms with E-state index in [0.29, 0.717) is 23.9 Å². The summed E-state index contributed by atoms with van der Waals surface area (Å²) in [6.45, 7) is 6.16. The highest BCUT2D eigenvalue weighted by Crippen LogP contribution is 2.25. The number of nitrogens with zero attached hydrogens (tertiary/aromatic N) is 1. The smallest absolute Gasteiger partial charge is 0.226 e. The Morgan fingerprint density at radius 3 is 2.33 bits per heavy atom. The van der Waals surface area contributed by atoms with Gasteiger partial charge in [0.25, 0.3) is 0 Å². The average Bonchev–Trinajstić information content (AvgIpc) is 2.60. The Morgan fingerprint density at radius 2 is 1.72 bits per heavy atom. The van der Waals surface area contributed by atoms with Crippen molar-refractivity contribution in [2.24, 2.45) is 5.92 Å². The average molecular weight is 275 g/mol. The molecule has 0 aromatic carbocycles. The van der Waals surface area contributed by atoms with Crippen LogP contribution in [0.1, 0.15) is 52.4 Å². The van der Waals surface area contributed by atoms with Crippen molar-refractivity contribution in [2.75, 3.05) is 13.1 Å². The molecule has 0 bridgehead atoms. The molecule has 1 aliphatic carbocycles. The lowest BCUT2D eigenvalue weighted by atomic mass is 9.97. The molecule has 0 radical (unpaired) electrons. The molecule has 3 nitrogen and oxygen atoms in total. The number of carbonyl (C=O) groups is 1. The minimum Gasteiger partial charge on any atom is -0.337 e. The Morgan fingerprint density at radius 1 is 1.11 bits per heavy atom. The molecule has 2 atom stereocenters. The molecule has 1 saturated heterocycles. The van der Waals surface area contributed by atoms with Crippen molar-refractivity contribution in [2.45, 2.75) is 64.5 Å².